The Balaban J connectivity index is 0.00000480. The Bertz CT molecular complexity index is 720. The Morgan fingerprint density at radius 3 is 2.45 bits per heavy atom. The molecule has 0 radical (unpaired) electrons. The predicted octanol–water partition coefficient (Wildman–Crippen LogP) is 3.06. The van der Waals surface area contributed by atoms with Crippen LogP contribution in [0.25, 0.3) is 0 Å². The van der Waals surface area contributed by atoms with Crippen molar-refractivity contribution in [2.75, 3.05) is 54.1 Å². The van der Waals surface area contributed by atoms with E-state index in [1.165, 1.54) is 4.90 Å². The number of alkyl halides is 3. The van der Waals surface area contributed by atoms with E-state index in [0.717, 1.165) is 5.56 Å². The molecule has 1 heterocycles. The lowest BCUT2D eigenvalue weighted by Gasteiger charge is -2.20. The van der Waals surface area contributed by atoms with Crippen LogP contribution in [-0.4, -0.2) is 77.1 Å². The van der Waals surface area contributed by atoms with Crippen molar-refractivity contribution >= 4 is 29.9 Å². The standard InChI is InChI=1S/C20H31F3N4O3.HI/c1-5-24-19(26-15-9-11-27(12-15)13-20(21,22)23)25-10-8-14-6-7-16(28-2)18(30-4)17(14)29-3;/h6-7,15H,5,8-13H2,1-4H3,(H2,24,25,26);1H. The molecule has 178 valence electrons. The summed E-state index contributed by atoms with van der Waals surface area (Å²) >= 11 is 0. The summed E-state index contributed by atoms with van der Waals surface area (Å²) in [5, 5.41) is 6.39. The first-order valence-electron chi connectivity index (χ1n) is 9.93. The number of likely N-dealkylation sites (tertiary alicyclic amines) is 1. The zero-order valence-electron chi connectivity index (χ0n) is 18.3. The fourth-order valence-electron chi connectivity index (χ4n) is 3.51. The van der Waals surface area contributed by atoms with E-state index in [1.54, 1.807) is 21.3 Å². The molecule has 0 aliphatic carbocycles. The molecular weight excluding hydrogens is 528 g/mol. The lowest BCUT2D eigenvalue weighted by molar-refractivity contribution is -0.143. The van der Waals surface area contributed by atoms with Gasteiger partial charge in [-0.2, -0.15) is 13.2 Å². The van der Waals surface area contributed by atoms with E-state index in [9.17, 15) is 13.2 Å². The third-order valence-electron chi connectivity index (χ3n) is 4.80. The molecule has 1 aromatic rings. The average molecular weight is 560 g/mol. The zero-order chi connectivity index (χ0) is 22.1. The molecule has 7 nitrogen and oxygen atoms in total. The summed E-state index contributed by atoms with van der Waals surface area (Å²) in [5.41, 5.74) is 0.923. The maximum Gasteiger partial charge on any atom is 0.401 e. The van der Waals surface area contributed by atoms with Gasteiger partial charge in [-0.15, -0.1) is 24.0 Å². The van der Waals surface area contributed by atoms with Crippen molar-refractivity contribution in [2.45, 2.75) is 32.0 Å². The summed E-state index contributed by atoms with van der Waals surface area (Å²) in [6.45, 7) is 2.95. The monoisotopic (exact) mass is 560 g/mol. The predicted molar refractivity (Wildman–Crippen MR) is 125 cm³/mol. The second-order valence-electron chi connectivity index (χ2n) is 6.98. The van der Waals surface area contributed by atoms with Gasteiger partial charge in [-0.05, 0) is 25.8 Å². The minimum Gasteiger partial charge on any atom is -0.493 e. The number of benzene rings is 1. The van der Waals surface area contributed by atoms with E-state index in [1.807, 2.05) is 19.1 Å². The van der Waals surface area contributed by atoms with Gasteiger partial charge in [-0.3, -0.25) is 9.89 Å². The van der Waals surface area contributed by atoms with Gasteiger partial charge in [-0.25, -0.2) is 0 Å². The van der Waals surface area contributed by atoms with Crippen molar-refractivity contribution in [3.63, 3.8) is 0 Å². The van der Waals surface area contributed by atoms with Gasteiger partial charge >= 0.3 is 6.18 Å². The van der Waals surface area contributed by atoms with Gasteiger partial charge in [0.05, 0.1) is 27.9 Å². The van der Waals surface area contributed by atoms with E-state index in [-0.39, 0.29) is 30.0 Å². The lowest BCUT2D eigenvalue weighted by atomic mass is 10.1. The summed E-state index contributed by atoms with van der Waals surface area (Å²) in [6, 6.07) is 3.65. The Hall–Kier alpha value is -1.63. The van der Waals surface area contributed by atoms with Crippen LogP contribution in [0.5, 0.6) is 17.2 Å². The highest BCUT2D eigenvalue weighted by Crippen LogP contribution is 2.39. The molecule has 0 saturated carbocycles. The second kappa shape index (κ2) is 13.0. The Morgan fingerprint density at radius 1 is 1.16 bits per heavy atom. The van der Waals surface area contributed by atoms with Gasteiger partial charge in [0, 0.05) is 37.8 Å². The van der Waals surface area contributed by atoms with Crippen LogP contribution >= 0.6 is 24.0 Å². The summed E-state index contributed by atoms with van der Waals surface area (Å²) in [4.78, 5) is 5.98. The van der Waals surface area contributed by atoms with Gasteiger partial charge in [0.15, 0.2) is 17.5 Å². The molecule has 0 bridgehead atoms. The van der Waals surface area contributed by atoms with Gasteiger partial charge in [-0.1, -0.05) is 6.07 Å². The first-order valence-corrected chi connectivity index (χ1v) is 9.93. The molecule has 2 N–H and O–H groups in total. The number of guanidine groups is 1. The Kier molecular flexibility index (Phi) is 11.5. The van der Waals surface area contributed by atoms with Gasteiger partial charge in [0.25, 0.3) is 0 Å². The number of aliphatic imine (C=N–C) groups is 1. The van der Waals surface area contributed by atoms with Gasteiger partial charge in [0.1, 0.15) is 0 Å². The van der Waals surface area contributed by atoms with Crippen LogP contribution in [0.4, 0.5) is 13.2 Å². The Morgan fingerprint density at radius 2 is 1.87 bits per heavy atom. The average Bonchev–Trinajstić information content (AvgIpc) is 3.12. The second-order valence-corrected chi connectivity index (χ2v) is 6.98. The normalized spacial score (nSPS) is 17.1. The van der Waals surface area contributed by atoms with E-state index in [0.29, 0.717) is 62.2 Å². The topological polar surface area (TPSA) is 67.4 Å². The molecule has 1 aromatic carbocycles. The minimum atomic E-state index is -4.17. The molecule has 1 aliphatic heterocycles. The fraction of sp³-hybridized carbons (Fsp3) is 0.650. The number of hydrogen-bond donors (Lipinski definition) is 2. The summed E-state index contributed by atoms with van der Waals surface area (Å²) in [5.74, 6) is 2.31. The van der Waals surface area contributed by atoms with Crippen molar-refractivity contribution in [1.29, 1.82) is 0 Å². The molecule has 0 aromatic heterocycles. The third-order valence-corrected chi connectivity index (χ3v) is 4.80. The molecule has 1 unspecified atom stereocenters. The summed E-state index contributed by atoms with van der Waals surface area (Å²) in [7, 11) is 4.69. The lowest BCUT2D eigenvalue weighted by Crippen LogP contribution is -2.45. The maximum atomic E-state index is 12.6. The SMILES string of the molecule is CCNC(=NCCc1ccc(OC)c(OC)c1OC)NC1CCN(CC(F)(F)F)C1.I. The van der Waals surface area contributed by atoms with E-state index >= 15 is 0 Å². The number of hydrogen-bond acceptors (Lipinski definition) is 5. The minimum absolute atomic E-state index is 0. The summed E-state index contributed by atoms with van der Waals surface area (Å²) in [6.07, 6.45) is -2.93. The van der Waals surface area contributed by atoms with Crippen LogP contribution in [0.15, 0.2) is 17.1 Å². The van der Waals surface area contributed by atoms with Crippen molar-refractivity contribution in [1.82, 2.24) is 15.5 Å². The molecule has 1 fully saturated rings. The highest BCUT2D eigenvalue weighted by atomic mass is 127. The molecule has 0 spiro atoms. The Labute approximate surface area is 198 Å². The van der Waals surface area contributed by atoms with Crippen molar-refractivity contribution in [3.8, 4) is 17.2 Å². The van der Waals surface area contributed by atoms with Crippen LogP contribution in [0.2, 0.25) is 0 Å². The number of nitrogens with zero attached hydrogens (tertiary/aromatic N) is 2. The van der Waals surface area contributed by atoms with Crippen LogP contribution in [0.3, 0.4) is 0 Å². The van der Waals surface area contributed by atoms with E-state index in [4.69, 9.17) is 14.2 Å². The molecule has 2 rings (SSSR count). The molecule has 1 saturated heterocycles. The fourth-order valence-corrected chi connectivity index (χ4v) is 3.51. The van der Waals surface area contributed by atoms with Crippen LogP contribution in [0.1, 0.15) is 18.9 Å². The van der Waals surface area contributed by atoms with Crippen LogP contribution in [-0.2, 0) is 6.42 Å². The van der Waals surface area contributed by atoms with E-state index in [2.05, 4.69) is 15.6 Å². The summed E-state index contributed by atoms with van der Waals surface area (Å²) < 4.78 is 53.9. The van der Waals surface area contributed by atoms with Crippen LogP contribution < -0.4 is 24.8 Å². The molecule has 1 atom stereocenters. The number of nitrogens with one attached hydrogen (secondary N) is 2. The highest BCUT2D eigenvalue weighted by molar-refractivity contribution is 14.0. The first kappa shape index (κ1) is 27.4. The quantitative estimate of drug-likeness (QED) is 0.275. The van der Waals surface area contributed by atoms with Gasteiger partial charge in [0.2, 0.25) is 5.75 Å². The first-order chi connectivity index (χ1) is 14.3. The third kappa shape index (κ3) is 8.43. The number of halogens is 4. The van der Waals surface area contributed by atoms with Crippen molar-refractivity contribution in [2.24, 2.45) is 4.99 Å². The molecule has 1 aliphatic rings. The number of rotatable bonds is 9. The van der Waals surface area contributed by atoms with Gasteiger partial charge < -0.3 is 24.8 Å². The zero-order valence-corrected chi connectivity index (χ0v) is 20.7. The largest absolute Gasteiger partial charge is 0.493 e. The van der Waals surface area contributed by atoms with Crippen molar-refractivity contribution in [3.05, 3.63) is 17.7 Å². The molecule has 11 heteroatoms. The van der Waals surface area contributed by atoms with Crippen LogP contribution in [0, 0.1) is 0 Å². The van der Waals surface area contributed by atoms with E-state index < -0.39 is 12.7 Å². The smallest absolute Gasteiger partial charge is 0.401 e. The molecule has 31 heavy (non-hydrogen) atoms. The molecular formula is C20H32F3IN4O3. The number of ether oxygens (including phenoxy) is 3. The number of methoxy groups -OCH3 is 3. The highest BCUT2D eigenvalue weighted by Gasteiger charge is 2.34. The molecule has 0 amide bonds. The van der Waals surface area contributed by atoms with Crippen molar-refractivity contribution < 1.29 is 27.4 Å². The maximum absolute atomic E-state index is 12.6.